The predicted molar refractivity (Wildman–Crippen MR) is 72.0 cm³/mol. The van der Waals surface area contributed by atoms with Crippen LogP contribution in [-0.4, -0.2) is 47.6 Å². The number of aliphatic carboxylic acids is 1. The lowest BCUT2D eigenvalue weighted by atomic mass is 9.93. The lowest BCUT2D eigenvalue weighted by molar-refractivity contribution is -0.162. The van der Waals surface area contributed by atoms with Crippen molar-refractivity contribution in [3.05, 3.63) is 29.3 Å². The number of carboxylic acids is 1. The molecular weight excluding hydrogens is 306 g/mol. The Hall–Kier alpha value is -1.15. The molecule has 2 N–H and O–H groups in total. The first-order valence-electron chi connectivity index (χ1n) is 5.98. The fraction of sp³-hybridized carbons (Fsp3) is 0.417. The van der Waals surface area contributed by atoms with Gasteiger partial charge in [-0.3, -0.25) is 0 Å². The number of sulfonamides is 1. The van der Waals surface area contributed by atoms with Gasteiger partial charge in [-0.05, 0) is 12.1 Å². The molecule has 0 aromatic heterocycles. The molecule has 1 fully saturated rings. The van der Waals surface area contributed by atoms with Crippen molar-refractivity contribution in [3.63, 3.8) is 0 Å². The minimum atomic E-state index is -3.77. The number of halogens is 1. The highest BCUT2D eigenvalue weighted by molar-refractivity contribution is 7.89. The van der Waals surface area contributed by atoms with E-state index >= 15 is 0 Å². The van der Waals surface area contributed by atoms with Crippen molar-refractivity contribution < 1.29 is 23.4 Å². The van der Waals surface area contributed by atoms with Crippen molar-refractivity contribution in [2.24, 2.45) is 0 Å². The molecule has 1 aliphatic rings. The van der Waals surface area contributed by atoms with Gasteiger partial charge in [-0.2, -0.15) is 4.31 Å². The van der Waals surface area contributed by atoms with Crippen LogP contribution in [0.1, 0.15) is 12.8 Å². The maximum Gasteiger partial charge on any atom is 0.335 e. The molecular formula is C12H14ClNO5S. The number of nitrogens with zero attached hydrogens (tertiary/aromatic N) is 1. The summed E-state index contributed by atoms with van der Waals surface area (Å²) in [5, 5.41) is 18.8. The number of piperidine rings is 1. The van der Waals surface area contributed by atoms with Crippen molar-refractivity contribution >= 4 is 27.6 Å². The number of carboxylic acid groups (broad SMARTS) is 1. The van der Waals surface area contributed by atoms with Crippen LogP contribution in [0, 0.1) is 0 Å². The molecule has 0 atom stereocenters. The average Bonchev–Trinajstić information content (AvgIpc) is 2.39. The van der Waals surface area contributed by atoms with Gasteiger partial charge in [0.15, 0.2) is 5.60 Å². The van der Waals surface area contributed by atoms with Gasteiger partial charge >= 0.3 is 5.97 Å². The number of hydrogen-bond donors (Lipinski definition) is 2. The molecule has 2 rings (SSSR count). The van der Waals surface area contributed by atoms with Crippen LogP contribution >= 0.6 is 11.6 Å². The van der Waals surface area contributed by atoms with Gasteiger partial charge < -0.3 is 10.2 Å². The van der Waals surface area contributed by atoms with Crippen LogP contribution in [0.2, 0.25) is 5.02 Å². The van der Waals surface area contributed by atoms with Gasteiger partial charge in [0, 0.05) is 25.9 Å². The first-order chi connectivity index (χ1) is 9.27. The Morgan fingerprint density at radius 3 is 2.30 bits per heavy atom. The zero-order valence-electron chi connectivity index (χ0n) is 10.5. The standard InChI is InChI=1S/C12H14ClNO5S/c13-9-3-1-2-4-10(9)20(18,19)14-7-5-12(17,6-8-14)11(15)16/h1-4,17H,5-8H2,(H,15,16). The minimum absolute atomic E-state index is 0.0116. The number of carbonyl (C=O) groups is 1. The van der Waals surface area contributed by atoms with Crippen LogP contribution in [-0.2, 0) is 14.8 Å². The summed E-state index contributed by atoms with van der Waals surface area (Å²) in [5.41, 5.74) is -1.85. The Labute approximate surface area is 121 Å². The highest BCUT2D eigenvalue weighted by atomic mass is 35.5. The van der Waals surface area contributed by atoms with Crippen molar-refractivity contribution in [2.75, 3.05) is 13.1 Å². The SMILES string of the molecule is O=C(O)C1(O)CCN(S(=O)(=O)c2ccccc2Cl)CC1. The Morgan fingerprint density at radius 2 is 1.80 bits per heavy atom. The summed E-state index contributed by atoms with van der Waals surface area (Å²) in [6.45, 7) is -0.118. The van der Waals surface area contributed by atoms with Crippen molar-refractivity contribution in [1.82, 2.24) is 4.31 Å². The molecule has 0 bridgehead atoms. The van der Waals surface area contributed by atoms with Crippen LogP contribution in [0.4, 0.5) is 0 Å². The van der Waals surface area contributed by atoms with E-state index in [0.29, 0.717) is 0 Å². The van der Waals surface area contributed by atoms with Crippen molar-refractivity contribution in [1.29, 1.82) is 0 Å². The van der Waals surface area contributed by atoms with E-state index in [1.54, 1.807) is 12.1 Å². The van der Waals surface area contributed by atoms with Crippen LogP contribution in [0.15, 0.2) is 29.2 Å². The lowest BCUT2D eigenvalue weighted by Crippen LogP contribution is -2.50. The Kier molecular flexibility index (Phi) is 4.06. The normalized spacial score (nSPS) is 19.7. The second-order valence-corrected chi connectivity index (χ2v) is 6.98. The summed E-state index contributed by atoms with van der Waals surface area (Å²) in [5.74, 6) is -1.33. The fourth-order valence-electron chi connectivity index (χ4n) is 2.10. The lowest BCUT2D eigenvalue weighted by Gasteiger charge is -2.34. The maximum atomic E-state index is 12.4. The van der Waals surface area contributed by atoms with Gasteiger partial charge in [0.05, 0.1) is 5.02 Å². The Balaban J connectivity index is 2.22. The van der Waals surface area contributed by atoms with Crippen LogP contribution in [0.5, 0.6) is 0 Å². The molecule has 0 amide bonds. The minimum Gasteiger partial charge on any atom is -0.479 e. The van der Waals surface area contributed by atoms with E-state index in [-0.39, 0.29) is 35.8 Å². The van der Waals surface area contributed by atoms with Gasteiger partial charge in [-0.25, -0.2) is 13.2 Å². The van der Waals surface area contributed by atoms with E-state index in [1.165, 1.54) is 12.1 Å². The van der Waals surface area contributed by atoms with E-state index in [0.717, 1.165) is 4.31 Å². The Morgan fingerprint density at radius 1 is 1.25 bits per heavy atom. The third-order valence-electron chi connectivity index (χ3n) is 3.40. The van der Waals surface area contributed by atoms with E-state index in [2.05, 4.69) is 0 Å². The molecule has 110 valence electrons. The first-order valence-corrected chi connectivity index (χ1v) is 7.80. The quantitative estimate of drug-likeness (QED) is 0.864. The molecule has 0 spiro atoms. The smallest absolute Gasteiger partial charge is 0.335 e. The van der Waals surface area contributed by atoms with E-state index < -0.39 is 21.6 Å². The summed E-state index contributed by atoms with van der Waals surface area (Å²) in [6, 6.07) is 6.07. The number of aliphatic hydroxyl groups is 1. The maximum absolute atomic E-state index is 12.4. The third-order valence-corrected chi connectivity index (χ3v) is 5.80. The van der Waals surface area contributed by atoms with Crippen LogP contribution in [0.3, 0.4) is 0 Å². The van der Waals surface area contributed by atoms with Crippen molar-refractivity contribution in [2.45, 2.75) is 23.3 Å². The molecule has 0 unspecified atom stereocenters. The number of hydrogen-bond acceptors (Lipinski definition) is 4. The molecule has 8 heteroatoms. The van der Waals surface area contributed by atoms with E-state index in [9.17, 15) is 18.3 Å². The molecule has 1 saturated heterocycles. The van der Waals surface area contributed by atoms with Gasteiger partial charge in [0.1, 0.15) is 4.90 Å². The number of benzene rings is 1. The summed E-state index contributed by atoms with van der Waals surface area (Å²) < 4.78 is 25.9. The van der Waals surface area contributed by atoms with Crippen LogP contribution < -0.4 is 0 Å². The highest BCUT2D eigenvalue weighted by Gasteiger charge is 2.42. The molecule has 1 heterocycles. The molecule has 1 aromatic carbocycles. The summed E-state index contributed by atoms with van der Waals surface area (Å²) in [6.07, 6.45) is -0.294. The average molecular weight is 320 g/mol. The molecule has 20 heavy (non-hydrogen) atoms. The van der Waals surface area contributed by atoms with E-state index in [4.69, 9.17) is 16.7 Å². The summed E-state index contributed by atoms with van der Waals surface area (Å²) in [4.78, 5) is 10.9. The molecule has 0 aliphatic carbocycles. The van der Waals surface area contributed by atoms with Gasteiger partial charge in [-0.15, -0.1) is 0 Å². The highest BCUT2D eigenvalue weighted by Crippen LogP contribution is 2.29. The first kappa shape index (κ1) is 15.2. The summed E-state index contributed by atoms with van der Waals surface area (Å²) in [7, 11) is -3.77. The van der Waals surface area contributed by atoms with Gasteiger partial charge in [-0.1, -0.05) is 23.7 Å². The van der Waals surface area contributed by atoms with Crippen molar-refractivity contribution in [3.8, 4) is 0 Å². The summed E-state index contributed by atoms with van der Waals surface area (Å²) >= 11 is 5.89. The zero-order chi connectivity index (χ0) is 15.0. The monoisotopic (exact) mass is 319 g/mol. The van der Waals surface area contributed by atoms with E-state index in [1.807, 2.05) is 0 Å². The zero-order valence-corrected chi connectivity index (χ0v) is 12.1. The largest absolute Gasteiger partial charge is 0.479 e. The Bertz CT molecular complexity index is 622. The fourth-order valence-corrected chi connectivity index (χ4v) is 4.04. The molecule has 0 saturated carbocycles. The predicted octanol–water partition coefficient (Wildman–Crippen LogP) is 0.940. The molecule has 0 radical (unpaired) electrons. The topological polar surface area (TPSA) is 94.9 Å². The molecule has 1 aromatic rings. The molecule has 1 aliphatic heterocycles. The number of rotatable bonds is 3. The second kappa shape index (κ2) is 5.33. The molecule has 6 nitrogen and oxygen atoms in total. The van der Waals surface area contributed by atoms with Gasteiger partial charge in [0.2, 0.25) is 10.0 Å². The second-order valence-electron chi connectivity index (χ2n) is 4.67. The third kappa shape index (κ3) is 2.67. The van der Waals surface area contributed by atoms with Crippen LogP contribution in [0.25, 0.3) is 0 Å². The van der Waals surface area contributed by atoms with Gasteiger partial charge in [0.25, 0.3) is 0 Å².